The van der Waals surface area contributed by atoms with Gasteiger partial charge in [0.05, 0.1) is 6.04 Å². The van der Waals surface area contributed by atoms with Crippen LogP contribution >= 0.6 is 0 Å². The number of hydrogen-bond donors (Lipinski definition) is 1. The van der Waals surface area contributed by atoms with E-state index in [1.165, 1.54) is 0 Å². The predicted molar refractivity (Wildman–Crippen MR) is 173 cm³/mol. The van der Waals surface area contributed by atoms with E-state index in [2.05, 4.69) is 0 Å². The van der Waals surface area contributed by atoms with Gasteiger partial charge in [0.1, 0.15) is 36.9 Å². The van der Waals surface area contributed by atoms with Crippen LogP contribution in [0.1, 0.15) is 40.8 Å². The van der Waals surface area contributed by atoms with Crippen LogP contribution in [0.2, 0.25) is 0 Å². The lowest BCUT2D eigenvalue weighted by molar-refractivity contribution is -0.149. The van der Waals surface area contributed by atoms with E-state index in [-0.39, 0.29) is 19.3 Å². The molecule has 2 aliphatic heterocycles. The number of aliphatic hydroxyl groups excluding tert-OH is 1. The van der Waals surface area contributed by atoms with Crippen LogP contribution in [0.15, 0.2) is 109 Å². The zero-order valence-corrected chi connectivity index (χ0v) is 25.7. The fourth-order valence-corrected chi connectivity index (χ4v) is 5.76. The minimum atomic E-state index is -1.31. The molecule has 0 radical (unpaired) electrons. The average molecular weight is 620 g/mol. The Morgan fingerprint density at radius 3 is 2.33 bits per heavy atom. The van der Waals surface area contributed by atoms with Gasteiger partial charge in [-0.15, -0.1) is 0 Å². The smallest absolute Gasteiger partial charge is 0.417 e. The second-order valence-electron chi connectivity index (χ2n) is 11.4. The Morgan fingerprint density at radius 1 is 0.913 bits per heavy atom. The number of carbonyl (C=O) groups excluding carboxylic acids is 2. The highest BCUT2D eigenvalue weighted by Crippen LogP contribution is 2.33. The van der Waals surface area contributed by atoms with Crippen LogP contribution in [0, 0.1) is 0 Å². The average Bonchev–Trinajstić information content (AvgIpc) is 3.46. The van der Waals surface area contributed by atoms with Crippen molar-refractivity contribution in [2.45, 2.75) is 50.7 Å². The van der Waals surface area contributed by atoms with Crippen molar-refractivity contribution in [2.75, 3.05) is 13.2 Å². The Hall–Kier alpha value is -4.92. The number of ether oxygens (including phenoxy) is 4. The van der Waals surface area contributed by atoms with Crippen molar-refractivity contribution < 1.29 is 33.6 Å². The van der Waals surface area contributed by atoms with E-state index in [9.17, 15) is 14.7 Å². The third-order valence-electron chi connectivity index (χ3n) is 8.14. The fourth-order valence-electron chi connectivity index (χ4n) is 5.76. The van der Waals surface area contributed by atoms with Crippen molar-refractivity contribution in [1.29, 1.82) is 0 Å². The normalized spacial score (nSPS) is 18.3. The molecule has 46 heavy (non-hydrogen) atoms. The SMILES string of the molecule is CCO[C@H](C(=O)N1C(=O)OC[C@@H]1Cc1ccccc1)[C@H](O)c1ccc2c(c1)C=C[C@@H](Cc1ccc(OCc3ccccc3)cc1)O2. The number of nitrogens with zero attached hydrogens (tertiary/aromatic N) is 1. The van der Waals surface area contributed by atoms with Gasteiger partial charge >= 0.3 is 6.09 Å². The first kappa shape index (κ1) is 31.1. The van der Waals surface area contributed by atoms with Crippen molar-refractivity contribution in [3.8, 4) is 11.5 Å². The van der Waals surface area contributed by atoms with Gasteiger partial charge in [-0.2, -0.15) is 0 Å². The molecule has 1 saturated heterocycles. The molecule has 236 valence electrons. The molecule has 0 aliphatic carbocycles. The number of hydrogen-bond acceptors (Lipinski definition) is 7. The first-order valence-corrected chi connectivity index (χ1v) is 15.6. The lowest BCUT2D eigenvalue weighted by atomic mass is 9.97. The highest BCUT2D eigenvalue weighted by molar-refractivity contribution is 5.96. The van der Waals surface area contributed by atoms with E-state index in [1.54, 1.807) is 25.1 Å². The molecule has 6 rings (SSSR count). The zero-order valence-electron chi connectivity index (χ0n) is 25.7. The maximum atomic E-state index is 13.7. The molecule has 4 aromatic carbocycles. The number of imide groups is 1. The molecule has 0 unspecified atom stereocenters. The summed E-state index contributed by atoms with van der Waals surface area (Å²) < 4.78 is 23.2. The Labute approximate surface area is 268 Å². The lowest BCUT2D eigenvalue weighted by Crippen LogP contribution is -2.48. The molecule has 2 aliphatic rings. The van der Waals surface area contributed by atoms with E-state index < -0.39 is 30.3 Å². The number of fused-ring (bicyclic) bond motifs is 1. The van der Waals surface area contributed by atoms with Crippen LogP contribution in [0.4, 0.5) is 4.79 Å². The largest absolute Gasteiger partial charge is 0.489 e. The van der Waals surface area contributed by atoms with Gasteiger partial charge in [0.15, 0.2) is 6.10 Å². The zero-order chi connectivity index (χ0) is 31.9. The Morgan fingerprint density at radius 2 is 1.61 bits per heavy atom. The summed E-state index contributed by atoms with van der Waals surface area (Å²) in [4.78, 5) is 27.4. The van der Waals surface area contributed by atoms with Crippen LogP contribution in [0.25, 0.3) is 6.08 Å². The van der Waals surface area contributed by atoms with Crippen LogP contribution in [0.3, 0.4) is 0 Å². The van der Waals surface area contributed by atoms with Gasteiger partial charge in [-0.05, 0) is 65.9 Å². The van der Waals surface area contributed by atoms with Crippen molar-refractivity contribution in [2.24, 2.45) is 0 Å². The molecule has 8 heteroatoms. The molecule has 8 nitrogen and oxygen atoms in total. The summed E-state index contributed by atoms with van der Waals surface area (Å²) in [6.07, 6.45) is 1.58. The maximum Gasteiger partial charge on any atom is 0.417 e. The first-order valence-electron chi connectivity index (χ1n) is 15.6. The topological polar surface area (TPSA) is 94.5 Å². The summed E-state index contributed by atoms with van der Waals surface area (Å²) in [5, 5.41) is 11.4. The summed E-state index contributed by atoms with van der Waals surface area (Å²) in [7, 11) is 0. The molecule has 1 fully saturated rings. The molecule has 4 atom stereocenters. The van der Waals surface area contributed by atoms with Gasteiger partial charge in [0.25, 0.3) is 5.91 Å². The van der Waals surface area contributed by atoms with Crippen molar-refractivity contribution in [1.82, 2.24) is 4.90 Å². The van der Waals surface area contributed by atoms with Crippen molar-refractivity contribution in [3.05, 3.63) is 137 Å². The Kier molecular flexibility index (Phi) is 9.76. The number of carbonyl (C=O) groups is 2. The van der Waals surface area contributed by atoms with Crippen LogP contribution in [-0.2, 0) is 33.7 Å². The predicted octanol–water partition coefficient (Wildman–Crippen LogP) is 6.31. The molecule has 2 amide bonds. The van der Waals surface area contributed by atoms with Crippen molar-refractivity contribution >= 4 is 18.1 Å². The molecule has 4 aromatic rings. The number of aliphatic hydroxyl groups is 1. The molecule has 0 bridgehead atoms. The molecular weight excluding hydrogens is 582 g/mol. The van der Waals surface area contributed by atoms with E-state index in [0.29, 0.717) is 30.8 Å². The van der Waals surface area contributed by atoms with Gasteiger partial charge < -0.3 is 24.1 Å². The minimum Gasteiger partial charge on any atom is -0.489 e. The van der Waals surface area contributed by atoms with E-state index in [4.69, 9.17) is 18.9 Å². The summed E-state index contributed by atoms with van der Waals surface area (Å²) in [5.74, 6) is 0.858. The monoisotopic (exact) mass is 619 g/mol. The third-order valence-corrected chi connectivity index (χ3v) is 8.14. The quantitative estimate of drug-likeness (QED) is 0.199. The molecule has 0 saturated carbocycles. The third kappa shape index (κ3) is 7.30. The number of amides is 2. The molecule has 2 heterocycles. The maximum absolute atomic E-state index is 13.7. The van der Waals surface area contributed by atoms with E-state index in [1.807, 2.05) is 97.1 Å². The highest BCUT2D eigenvalue weighted by Gasteiger charge is 2.43. The van der Waals surface area contributed by atoms with Gasteiger partial charge in [-0.3, -0.25) is 4.79 Å². The van der Waals surface area contributed by atoms with Crippen LogP contribution in [0.5, 0.6) is 11.5 Å². The second-order valence-corrected chi connectivity index (χ2v) is 11.4. The van der Waals surface area contributed by atoms with Crippen molar-refractivity contribution in [3.63, 3.8) is 0 Å². The van der Waals surface area contributed by atoms with Crippen LogP contribution in [-0.4, -0.2) is 53.5 Å². The number of rotatable bonds is 12. The van der Waals surface area contributed by atoms with Gasteiger partial charge in [0.2, 0.25) is 0 Å². The summed E-state index contributed by atoms with van der Waals surface area (Å²) in [6, 6.07) is 32.5. The lowest BCUT2D eigenvalue weighted by Gasteiger charge is -2.28. The molecule has 1 N–H and O–H groups in total. The van der Waals surface area contributed by atoms with Crippen LogP contribution < -0.4 is 9.47 Å². The van der Waals surface area contributed by atoms with Gasteiger partial charge in [-0.1, -0.05) is 84.9 Å². The number of benzene rings is 4. The highest BCUT2D eigenvalue weighted by atomic mass is 16.6. The van der Waals surface area contributed by atoms with Gasteiger partial charge in [0, 0.05) is 18.6 Å². The Bertz CT molecular complexity index is 1660. The van der Waals surface area contributed by atoms with E-state index >= 15 is 0 Å². The van der Waals surface area contributed by atoms with E-state index in [0.717, 1.165) is 32.9 Å². The molecule has 0 spiro atoms. The second kappa shape index (κ2) is 14.5. The summed E-state index contributed by atoms with van der Waals surface area (Å²) in [5.41, 5.74) is 4.46. The minimum absolute atomic E-state index is 0.0860. The summed E-state index contributed by atoms with van der Waals surface area (Å²) in [6.45, 7) is 2.52. The van der Waals surface area contributed by atoms with Gasteiger partial charge in [-0.25, -0.2) is 9.69 Å². The number of cyclic esters (lactones) is 1. The molecular formula is C38H37NO7. The summed E-state index contributed by atoms with van der Waals surface area (Å²) >= 11 is 0. The fraction of sp³-hybridized carbons (Fsp3) is 0.263. The Balaban J connectivity index is 1.09. The standard InChI is InChI=1S/C38H37NO7/c1-2-43-36(37(41)39-31(25-45-38(39)42)21-26-9-5-3-6-10-26)35(40)30-16-20-34-29(23-30)15-19-33(46-34)22-27-13-17-32(18-14-27)44-24-28-11-7-4-8-12-28/h3-20,23,31,33,35-36,40H,2,21-22,24-25H2,1H3/t31-,33-,35+,36-/m0/s1. The molecule has 0 aromatic heterocycles. The first-order chi connectivity index (χ1) is 22.5.